The highest BCUT2D eigenvalue weighted by molar-refractivity contribution is 14.1. The molecule has 2 aliphatic rings. The van der Waals surface area contributed by atoms with Crippen molar-refractivity contribution in [2.45, 2.75) is 180 Å². The first-order chi connectivity index (χ1) is 47.6. The van der Waals surface area contributed by atoms with Gasteiger partial charge in [-0.15, -0.1) is 0 Å². The molecule has 0 aliphatic carbocycles. The van der Waals surface area contributed by atoms with Crippen LogP contribution in [0.2, 0.25) is 5.02 Å². The van der Waals surface area contributed by atoms with Gasteiger partial charge in [0.1, 0.15) is 42.1 Å². The summed E-state index contributed by atoms with van der Waals surface area (Å²) in [6.45, 7) is 11.5. The molecule has 2 saturated heterocycles. The van der Waals surface area contributed by atoms with Gasteiger partial charge in [0.2, 0.25) is 65.0 Å². The SMILES string of the molecule is CCCC[C@@H]1NCC(=O)[C@H](Cc2cccc(I)c2)NC(=O)CN(C)C(=O)[C@H](Cc2ccc(Cl)cc2)N(C)C(=O)CN(C)C(=O)CN(C)C(=O)[C@H]([C@@H](C)CC)NC(=O)[C@H](CC(C)C)N(C)C(=O)C[C@@H](C(=O)N2CCCCC2)N(C)C(=O)[C@H](CC(C)C)NC(=O)[C@H](Cc2ccc(F)cc2)N(C)C1=O. The lowest BCUT2D eigenvalue weighted by Gasteiger charge is -2.38. The first kappa shape index (κ1) is 84.1. The van der Waals surface area contributed by atoms with Crippen molar-refractivity contribution in [3.05, 3.63) is 104 Å². The summed E-state index contributed by atoms with van der Waals surface area (Å²) in [5, 5.41) is 12.2. The minimum atomic E-state index is -1.44. The van der Waals surface area contributed by atoms with Crippen LogP contribution in [-0.2, 0) is 76.8 Å². The Bertz CT molecular complexity index is 3360. The number of hydrogen-bond donors (Lipinski definition) is 4. The van der Waals surface area contributed by atoms with Crippen molar-refractivity contribution < 1.29 is 61.9 Å². The summed E-state index contributed by atoms with van der Waals surface area (Å²) in [6, 6.07) is 9.17. The van der Waals surface area contributed by atoms with Gasteiger partial charge >= 0.3 is 0 Å². The predicted molar refractivity (Wildman–Crippen MR) is 393 cm³/mol. The average molecular weight is 1540 g/mol. The van der Waals surface area contributed by atoms with Crippen molar-refractivity contribution in [1.82, 2.24) is 60.5 Å². The number of hydrogen-bond acceptors (Lipinski definition) is 13. The van der Waals surface area contributed by atoms with Crippen LogP contribution in [0.15, 0.2) is 72.8 Å². The lowest BCUT2D eigenvalue weighted by atomic mass is 9.95. The van der Waals surface area contributed by atoms with E-state index >= 15 is 19.2 Å². The molecule has 2 aliphatic heterocycles. The van der Waals surface area contributed by atoms with Gasteiger partial charge in [0.15, 0.2) is 5.78 Å². The highest BCUT2D eigenvalue weighted by Crippen LogP contribution is 2.24. The lowest BCUT2D eigenvalue weighted by Crippen LogP contribution is -2.60. The number of unbranched alkanes of at least 4 members (excludes halogenated alkanes) is 1. The van der Waals surface area contributed by atoms with E-state index in [4.69, 9.17) is 11.6 Å². The highest BCUT2D eigenvalue weighted by Gasteiger charge is 2.42. The fourth-order valence-corrected chi connectivity index (χ4v) is 13.2. The van der Waals surface area contributed by atoms with Crippen LogP contribution in [0.4, 0.5) is 4.39 Å². The zero-order valence-corrected chi connectivity index (χ0v) is 64.2. The van der Waals surface area contributed by atoms with E-state index in [1.165, 1.54) is 93.2 Å². The van der Waals surface area contributed by atoms with Crippen LogP contribution in [0.3, 0.4) is 0 Å². The summed E-state index contributed by atoms with van der Waals surface area (Å²) in [6.07, 6.45) is 3.26. The quantitative estimate of drug-likeness (QED) is 0.129. The van der Waals surface area contributed by atoms with Crippen LogP contribution in [0.1, 0.15) is 129 Å². The lowest BCUT2D eigenvalue weighted by molar-refractivity contribution is -0.151. The zero-order chi connectivity index (χ0) is 75.1. The molecule has 0 saturated carbocycles. The molecule has 0 bridgehead atoms. The molecule has 4 N–H and O–H groups in total. The van der Waals surface area contributed by atoms with E-state index in [2.05, 4.69) is 43.9 Å². The third-order valence-electron chi connectivity index (χ3n) is 19.1. The van der Waals surface area contributed by atoms with Crippen LogP contribution in [0.25, 0.3) is 0 Å². The fourth-order valence-electron chi connectivity index (χ4n) is 12.5. The number of amides is 11. The summed E-state index contributed by atoms with van der Waals surface area (Å²) in [7, 11) is 9.76. The van der Waals surface area contributed by atoms with Crippen molar-refractivity contribution in [3.63, 3.8) is 0 Å². The number of likely N-dealkylation sites (tertiary alicyclic amines) is 1. The molecular formula is C74H107ClFIN12O12. The average Bonchev–Trinajstić information content (AvgIpc) is 0.824. The smallest absolute Gasteiger partial charge is 0.245 e. The minimum Gasteiger partial charge on any atom is -0.344 e. The van der Waals surface area contributed by atoms with Crippen molar-refractivity contribution in [2.24, 2.45) is 17.8 Å². The molecule has 0 unspecified atom stereocenters. The molecule has 11 amide bonds. The summed E-state index contributed by atoms with van der Waals surface area (Å²) >= 11 is 8.39. The summed E-state index contributed by atoms with van der Waals surface area (Å²) in [5.74, 6) is -9.39. The monoisotopic (exact) mass is 1540 g/mol. The van der Waals surface area contributed by atoms with Crippen LogP contribution >= 0.6 is 34.2 Å². The predicted octanol–water partition coefficient (Wildman–Crippen LogP) is 5.52. The van der Waals surface area contributed by atoms with Gasteiger partial charge in [-0.1, -0.05) is 116 Å². The van der Waals surface area contributed by atoms with Crippen molar-refractivity contribution in [1.29, 1.82) is 0 Å². The maximum absolute atomic E-state index is 15.4. The van der Waals surface area contributed by atoms with E-state index in [1.54, 1.807) is 48.2 Å². The van der Waals surface area contributed by atoms with Crippen molar-refractivity contribution in [2.75, 3.05) is 88.6 Å². The molecule has 2 heterocycles. The number of ketones is 1. The van der Waals surface area contributed by atoms with Crippen molar-refractivity contribution >= 4 is 105 Å². The van der Waals surface area contributed by atoms with Crippen LogP contribution in [0.5, 0.6) is 0 Å². The number of Topliss-reactive ketones (excluding diaryl/α,β-unsaturated/α-hetero) is 1. The molecule has 556 valence electrons. The number of piperidine rings is 1. The van der Waals surface area contributed by atoms with Gasteiger partial charge in [-0.25, -0.2) is 4.39 Å². The summed E-state index contributed by atoms with van der Waals surface area (Å²) in [4.78, 5) is 187. The number of benzene rings is 3. The Morgan fingerprint density at radius 2 is 1.13 bits per heavy atom. The van der Waals surface area contributed by atoms with Crippen LogP contribution in [-0.4, -0.2) is 247 Å². The number of nitrogens with one attached hydrogen (secondary N) is 4. The number of carbonyl (C=O) groups is 12. The van der Waals surface area contributed by atoms with Gasteiger partial charge in [-0.3, -0.25) is 62.9 Å². The molecule has 9 atom stereocenters. The Hall–Kier alpha value is -7.59. The largest absolute Gasteiger partial charge is 0.344 e. The maximum atomic E-state index is 15.4. The topological polar surface area (TPSA) is 279 Å². The Labute approximate surface area is 614 Å². The first-order valence-electron chi connectivity index (χ1n) is 35.1. The second kappa shape index (κ2) is 40.3. The number of rotatable bonds is 16. The molecule has 0 spiro atoms. The van der Waals surface area contributed by atoms with Gasteiger partial charge in [-0.2, -0.15) is 0 Å². The minimum absolute atomic E-state index is 0.000506. The Morgan fingerprint density at radius 3 is 1.72 bits per heavy atom. The maximum Gasteiger partial charge on any atom is 0.245 e. The Balaban J connectivity index is 1.65. The third kappa shape index (κ3) is 25.1. The Morgan fingerprint density at radius 1 is 0.564 bits per heavy atom. The second-order valence-corrected chi connectivity index (χ2v) is 29.7. The van der Waals surface area contributed by atoms with Gasteiger partial charge in [0.25, 0.3) is 0 Å². The highest BCUT2D eigenvalue weighted by atomic mass is 127. The van der Waals surface area contributed by atoms with Crippen LogP contribution in [0, 0.1) is 27.1 Å². The summed E-state index contributed by atoms with van der Waals surface area (Å²) < 4.78 is 15.4. The number of likely N-dealkylation sites (N-methyl/N-ethyl adjacent to an activating group) is 7. The normalized spacial score (nSPS) is 23.5. The summed E-state index contributed by atoms with van der Waals surface area (Å²) in [5.41, 5.74) is 1.76. The Kier molecular flexibility index (Phi) is 33.5. The van der Waals surface area contributed by atoms with E-state index in [-0.39, 0.29) is 50.4 Å². The standard InChI is InChI=1S/C74H107ClFIN12O12/c1-15-17-24-55-70(97)87(13)59(39-50-27-31-53(76)32-28-50)68(95)80-57(35-46(3)4)71(98)88(14)61(73(100)89-33-19-18-20-34-89)41-64(92)85(11)58(36-47(5)6)69(96)81-67(48(7)16-2)74(101)84(10)44-65(93)82(8)45-66(94)86(12)60(40-49-25-29-52(75)30-26-49)72(99)83(9)43-63(91)79-56(62(90)42-78-55)38-51-22-21-23-54(77)37-51/h21-23,25-32,37,46-48,55-61,67,78H,15-20,24,33-36,38-45H2,1-14H3,(H,79,91)(H,80,95)(H,81,96)/t48-,55-,56-,57-,58-,59-,60-,61-,67-/m0/s1. The number of carbonyl (C=O) groups excluding carboxylic acids is 12. The molecule has 101 heavy (non-hydrogen) atoms. The van der Waals surface area contributed by atoms with E-state index < -0.39 is 163 Å². The third-order valence-corrected chi connectivity index (χ3v) is 20.0. The van der Waals surface area contributed by atoms with E-state index in [9.17, 15) is 42.7 Å². The molecule has 0 aromatic heterocycles. The molecule has 0 radical (unpaired) electrons. The van der Waals surface area contributed by atoms with E-state index in [1.807, 2.05) is 53.7 Å². The van der Waals surface area contributed by atoms with Gasteiger partial charge in [0, 0.05) is 83.9 Å². The molecule has 27 heteroatoms. The number of halogens is 3. The molecule has 3 aromatic rings. The molecule has 24 nitrogen and oxygen atoms in total. The van der Waals surface area contributed by atoms with Gasteiger partial charge in [-0.05, 0) is 138 Å². The molecule has 5 rings (SSSR count). The number of nitrogens with zero attached hydrogens (tertiary/aromatic N) is 8. The molecule has 2 fully saturated rings. The van der Waals surface area contributed by atoms with Crippen molar-refractivity contribution in [3.8, 4) is 0 Å². The molecular weight excluding hydrogens is 1430 g/mol. The van der Waals surface area contributed by atoms with Gasteiger partial charge in [0.05, 0.1) is 44.7 Å². The molecule has 3 aromatic carbocycles. The first-order valence-corrected chi connectivity index (χ1v) is 36.6. The zero-order valence-electron chi connectivity index (χ0n) is 61.3. The second-order valence-electron chi connectivity index (χ2n) is 28.0. The van der Waals surface area contributed by atoms with E-state index in [0.717, 1.165) is 24.7 Å². The van der Waals surface area contributed by atoms with Gasteiger partial charge < -0.3 is 55.1 Å². The van der Waals surface area contributed by atoms with E-state index in [0.29, 0.717) is 66.9 Å². The van der Waals surface area contributed by atoms with Crippen LogP contribution < -0.4 is 21.3 Å². The fraction of sp³-hybridized carbons (Fsp3) is 0.595.